The fourth-order valence-corrected chi connectivity index (χ4v) is 2.45. The molecule has 2 aromatic carbocycles. The molecule has 0 saturated carbocycles. The van der Waals surface area contributed by atoms with Crippen LogP contribution in [0, 0.1) is 0 Å². The van der Waals surface area contributed by atoms with E-state index >= 15 is 0 Å². The van der Waals surface area contributed by atoms with Gasteiger partial charge in [0.05, 0.1) is 5.56 Å². The number of aldehydes is 1. The van der Waals surface area contributed by atoms with Crippen molar-refractivity contribution in [2.75, 3.05) is 0 Å². The maximum absolute atomic E-state index is 12.8. The molecule has 0 amide bonds. The summed E-state index contributed by atoms with van der Waals surface area (Å²) in [7, 11) is 0. The third-order valence-corrected chi connectivity index (χ3v) is 3.43. The molecule has 0 atom stereocenters. The van der Waals surface area contributed by atoms with Gasteiger partial charge in [-0.3, -0.25) is 4.79 Å². The van der Waals surface area contributed by atoms with E-state index in [1.807, 2.05) is 30.3 Å². The van der Waals surface area contributed by atoms with E-state index < -0.39 is 11.7 Å². The highest BCUT2D eigenvalue weighted by molar-refractivity contribution is 7.99. The summed E-state index contributed by atoms with van der Waals surface area (Å²) in [5.41, 5.74) is -1.24. The molecule has 0 radical (unpaired) electrons. The zero-order valence-electron chi connectivity index (χ0n) is 9.65. The highest BCUT2D eigenvalue weighted by atomic mass is 32.2. The Morgan fingerprint density at radius 2 is 1.63 bits per heavy atom. The molecule has 0 aliphatic rings. The first-order valence-electron chi connectivity index (χ1n) is 5.40. The van der Waals surface area contributed by atoms with E-state index in [1.165, 1.54) is 23.9 Å². The lowest BCUT2D eigenvalue weighted by molar-refractivity contribution is -0.138. The molecule has 0 aliphatic heterocycles. The Morgan fingerprint density at radius 1 is 0.947 bits per heavy atom. The van der Waals surface area contributed by atoms with Gasteiger partial charge in [0, 0.05) is 15.4 Å². The zero-order valence-corrected chi connectivity index (χ0v) is 10.5. The van der Waals surface area contributed by atoms with Gasteiger partial charge in [0.2, 0.25) is 0 Å². The molecule has 0 heterocycles. The van der Waals surface area contributed by atoms with Crippen LogP contribution in [0.25, 0.3) is 0 Å². The van der Waals surface area contributed by atoms with Gasteiger partial charge in [0.25, 0.3) is 0 Å². The monoisotopic (exact) mass is 282 g/mol. The fourth-order valence-electron chi connectivity index (χ4n) is 1.57. The molecule has 5 heteroatoms. The van der Waals surface area contributed by atoms with E-state index in [0.29, 0.717) is 4.90 Å². The fraction of sp³-hybridized carbons (Fsp3) is 0.0714. The van der Waals surface area contributed by atoms with Gasteiger partial charge in [0.1, 0.15) is 0 Å². The predicted octanol–water partition coefficient (Wildman–Crippen LogP) is 4.67. The molecule has 98 valence electrons. The van der Waals surface area contributed by atoms with Crippen molar-refractivity contribution in [3.05, 3.63) is 59.7 Å². The molecular weight excluding hydrogens is 273 g/mol. The van der Waals surface area contributed by atoms with Gasteiger partial charge in [-0.25, -0.2) is 0 Å². The largest absolute Gasteiger partial charge is 0.417 e. The smallest absolute Gasteiger partial charge is 0.298 e. The predicted molar refractivity (Wildman–Crippen MR) is 67.4 cm³/mol. The number of alkyl halides is 3. The van der Waals surface area contributed by atoms with Gasteiger partial charge in [-0.05, 0) is 30.3 Å². The molecule has 1 nitrogen and oxygen atoms in total. The Bertz CT molecular complexity index is 579. The lowest BCUT2D eigenvalue weighted by Crippen LogP contribution is -2.08. The van der Waals surface area contributed by atoms with Gasteiger partial charge < -0.3 is 0 Å². The van der Waals surface area contributed by atoms with Crippen LogP contribution in [0.5, 0.6) is 0 Å². The third kappa shape index (κ3) is 3.38. The van der Waals surface area contributed by atoms with Crippen LogP contribution in [-0.2, 0) is 6.18 Å². The van der Waals surface area contributed by atoms with Crippen molar-refractivity contribution in [3.63, 3.8) is 0 Å². The van der Waals surface area contributed by atoms with Crippen LogP contribution >= 0.6 is 11.8 Å². The molecule has 2 rings (SSSR count). The first-order chi connectivity index (χ1) is 9.00. The quantitative estimate of drug-likeness (QED) is 0.761. The van der Waals surface area contributed by atoms with Crippen LogP contribution in [0.3, 0.4) is 0 Å². The van der Waals surface area contributed by atoms with Gasteiger partial charge in [0.15, 0.2) is 6.29 Å². The van der Waals surface area contributed by atoms with Crippen molar-refractivity contribution in [3.8, 4) is 0 Å². The number of benzene rings is 2. The first-order valence-corrected chi connectivity index (χ1v) is 6.21. The topological polar surface area (TPSA) is 17.1 Å². The Labute approximate surface area is 112 Å². The van der Waals surface area contributed by atoms with Crippen molar-refractivity contribution < 1.29 is 18.0 Å². The molecule has 0 saturated heterocycles. The van der Waals surface area contributed by atoms with Crippen LogP contribution in [0.15, 0.2) is 58.3 Å². The Balaban J connectivity index is 2.36. The lowest BCUT2D eigenvalue weighted by atomic mass is 10.1. The van der Waals surface area contributed by atoms with E-state index in [2.05, 4.69) is 0 Å². The molecule has 0 bridgehead atoms. The maximum Gasteiger partial charge on any atom is 0.417 e. The zero-order chi connectivity index (χ0) is 13.9. The van der Waals surface area contributed by atoms with E-state index in [9.17, 15) is 18.0 Å². The molecule has 0 aromatic heterocycles. The lowest BCUT2D eigenvalue weighted by Gasteiger charge is -2.11. The summed E-state index contributed by atoms with van der Waals surface area (Å²) in [6.07, 6.45) is -4.30. The van der Waals surface area contributed by atoms with E-state index in [1.54, 1.807) is 0 Å². The molecule has 0 N–H and O–H groups in total. The number of halogens is 3. The van der Waals surface area contributed by atoms with Crippen LogP contribution in [-0.4, -0.2) is 6.29 Å². The SMILES string of the molecule is O=Cc1ccc(Sc2ccccc2)cc1C(F)(F)F. The van der Waals surface area contributed by atoms with Gasteiger partial charge in [-0.2, -0.15) is 13.2 Å². The van der Waals surface area contributed by atoms with Gasteiger partial charge >= 0.3 is 6.18 Å². The van der Waals surface area contributed by atoms with E-state index in [0.717, 1.165) is 11.0 Å². The summed E-state index contributed by atoms with van der Waals surface area (Å²) >= 11 is 1.22. The minimum absolute atomic E-state index is 0.222. The van der Waals surface area contributed by atoms with E-state index in [4.69, 9.17) is 0 Å². The summed E-state index contributed by atoms with van der Waals surface area (Å²) < 4.78 is 38.4. The first kappa shape index (κ1) is 13.7. The Morgan fingerprint density at radius 3 is 2.21 bits per heavy atom. The van der Waals surface area contributed by atoms with Crippen LogP contribution in [0.2, 0.25) is 0 Å². The number of carbonyl (C=O) groups is 1. The second-order valence-electron chi connectivity index (χ2n) is 3.78. The molecule has 0 aliphatic carbocycles. The van der Waals surface area contributed by atoms with Crippen molar-refractivity contribution in [2.45, 2.75) is 16.0 Å². The summed E-state index contributed by atoms with van der Waals surface area (Å²) in [4.78, 5) is 11.9. The Kier molecular flexibility index (Phi) is 3.95. The number of rotatable bonds is 3. The third-order valence-electron chi connectivity index (χ3n) is 2.44. The normalized spacial score (nSPS) is 11.3. The molecule has 19 heavy (non-hydrogen) atoms. The minimum Gasteiger partial charge on any atom is -0.298 e. The van der Waals surface area contributed by atoms with Crippen molar-refractivity contribution in [1.29, 1.82) is 0 Å². The second-order valence-corrected chi connectivity index (χ2v) is 4.93. The minimum atomic E-state index is -4.52. The molecule has 0 unspecified atom stereocenters. The summed E-state index contributed by atoms with van der Waals surface area (Å²) in [6, 6.07) is 12.8. The van der Waals surface area contributed by atoms with Crippen molar-refractivity contribution in [1.82, 2.24) is 0 Å². The average Bonchev–Trinajstić information content (AvgIpc) is 2.39. The van der Waals surface area contributed by atoms with E-state index in [-0.39, 0.29) is 11.8 Å². The number of hydrogen-bond acceptors (Lipinski definition) is 2. The molecular formula is C14H9F3OS. The second kappa shape index (κ2) is 5.48. The molecule has 0 spiro atoms. The average molecular weight is 282 g/mol. The molecule has 0 fully saturated rings. The summed E-state index contributed by atoms with van der Waals surface area (Å²) in [5.74, 6) is 0. The Hall–Kier alpha value is -1.75. The highest BCUT2D eigenvalue weighted by Gasteiger charge is 2.33. The maximum atomic E-state index is 12.8. The summed E-state index contributed by atoms with van der Waals surface area (Å²) in [6.45, 7) is 0. The number of carbonyl (C=O) groups excluding carboxylic acids is 1. The van der Waals surface area contributed by atoms with Crippen LogP contribution in [0.4, 0.5) is 13.2 Å². The highest BCUT2D eigenvalue weighted by Crippen LogP contribution is 2.36. The van der Waals surface area contributed by atoms with Crippen LogP contribution in [0.1, 0.15) is 15.9 Å². The standard InChI is InChI=1S/C14H9F3OS/c15-14(16,17)13-8-12(7-6-10(13)9-18)19-11-4-2-1-3-5-11/h1-9H. The van der Waals surface area contributed by atoms with Crippen molar-refractivity contribution >= 4 is 18.0 Å². The van der Waals surface area contributed by atoms with Gasteiger partial charge in [-0.1, -0.05) is 30.0 Å². The molecule has 2 aromatic rings. The van der Waals surface area contributed by atoms with Crippen molar-refractivity contribution in [2.24, 2.45) is 0 Å². The van der Waals surface area contributed by atoms with Crippen LogP contribution < -0.4 is 0 Å². The van der Waals surface area contributed by atoms with Gasteiger partial charge in [-0.15, -0.1) is 0 Å². The number of hydrogen-bond donors (Lipinski definition) is 0. The summed E-state index contributed by atoms with van der Waals surface area (Å²) in [5, 5.41) is 0.